The topological polar surface area (TPSA) is 77.8 Å². The number of hydrogen-bond acceptors (Lipinski definition) is 5. The summed E-state index contributed by atoms with van der Waals surface area (Å²) in [6, 6.07) is 2.14. The first-order chi connectivity index (χ1) is 9.88. The summed E-state index contributed by atoms with van der Waals surface area (Å²) >= 11 is 0. The highest BCUT2D eigenvalue weighted by atomic mass is 35.5. The summed E-state index contributed by atoms with van der Waals surface area (Å²) in [5.41, 5.74) is 4.98. The van der Waals surface area contributed by atoms with Crippen molar-refractivity contribution in [3.63, 3.8) is 0 Å². The average Bonchev–Trinajstić information content (AvgIpc) is 3.07. The second kappa shape index (κ2) is 5.85. The molecule has 1 saturated carbocycles. The van der Waals surface area contributed by atoms with Crippen LogP contribution in [0.3, 0.4) is 0 Å². The van der Waals surface area contributed by atoms with Gasteiger partial charge >= 0.3 is 6.18 Å². The molecule has 0 aliphatic heterocycles. The summed E-state index contributed by atoms with van der Waals surface area (Å²) < 4.78 is 42.4. The SMILES string of the molecule is Cl.NC1(c2noc(-c3ccc(C(F)(F)F)nc3)n2)CCCC1. The molecule has 0 aromatic carbocycles. The van der Waals surface area contributed by atoms with E-state index in [9.17, 15) is 13.2 Å². The second-order valence-electron chi connectivity index (χ2n) is 5.22. The van der Waals surface area contributed by atoms with Gasteiger partial charge in [-0.2, -0.15) is 18.2 Å². The van der Waals surface area contributed by atoms with E-state index in [1.807, 2.05) is 0 Å². The second-order valence-corrected chi connectivity index (χ2v) is 5.22. The Bertz CT molecular complexity index is 635. The van der Waals surface area contributed by atoms with Crippen LogP contribution >= 0.6 is 12.4 Å². The van der Waals surface area contributed by atoms with E-state index >= 15 is 0 Å². The maximum Gasteiger partial charge on any atom is 0.433 e. The zero-order chi connectivity index (χ0) is 15.1. The highest BCUT2D eigenvalue weighted by molar-refractivity contribution is 5.85. The molecule has 5 nitrogen and oxygen atoms in total. The third-order valence-corrected chi connectivity index (χ3v) is 3.67. The molecule has 2 N–H and O–H groups in total. The lowest BCUT2D eigenvalue weighted by Crippen LogP contribution is -2.34. The molecule has 0 spiro atoms. The van der Waals surface area contributed by atoms with Gasteiger partial charge in [-0.15, -0.1) is 12.4 Å². The van der Waals surface area contributed by atoms with E-state index in [1.54, 1.807) is 0 Å². The van der Waals surface area contributed by atoms with Gasteiger partial charge in [0.25, 0.3) is 5.89 Å². The maximum atomic E-state index is 12.5. The molecule has 0 amide bonds. The average molecular weight is 335 g/mol. The smallest absolute Gasteiger partial charge is 0.334 e. The zero-order valence-corrected chi connectivity index (χ0v) is 12.2. The lowest BCUT2D eigenvalue weighted by molar-refractivity contribution is -0.141. The summed E-state index contributed by atoms with van der Waals surface area (Å²) in [6.45, 7) is 0. The van der Waals surface area contributed by atoms with Gasteiger partial charge in [-0.05, 0) is 25.0 Å². The Morgan fingerprint density at radius 1 is 1.18 bits per heavy atom. The number of alkyl halides is 3. The molecule has 22 heavy (non-hydrogen) atoms. The molecule has 120 valence electrons. The van der Waals surface area contributed by atoms with Crippen LogP contribution in [0.25, 0.3) is 11.5 Å². The fourth-order valence-corrected chi connectivity index (χ4v) is 2.46. The summed E-state index contributed by atoms with van der Waals surface area (Å²) in [4.78, 5) is 7.57. The van der Waals surface area contributed by atoms with Crippen molar-refractivity contribution in [2.45, 2.75) is 37.4 Å². The molecule has 1 fully saturated rings. The van der Waals surface area contributed by atoms with Crippen LogP contribution in [-0.2, 0) is 11.7 Å². The Balaban J connectivity index is 0.00000176. The van der Waals surface area contributed by atoms with Gasteiger partial charge in [0, 0.05) is 6.20 Å². The first-order valence-electron chi connectivity index (χ1n) is 6.55. The van der Waals surface area contributed by atoms with Crippen LogP contribution in [0.2, 0.25) is 0 Å². The van der Waals surface area contributed by atoms with Crippen molar-refractivity contribution in [2.75, 3.05) is 0 Å². The van der Waals surface area contributed by atoms with Crippen LogP contribution in [0.1, 0.15) is 37.2 Å². The molecule has 3 rings (SSSR count). The van der Waals surface area contributed by atoms with Crippen molar-refractivity contribution in [3.05, 3.63) is 29.8 Å². The van der Waals surface area contributed by atoms with Gasteiger partial charge in [0.15, 0.2) is 5.82 Å². The molecule has 0 bridgehead atoms. The fraction of sp³-hybridized carbons (Fsp3) is 0.462. The van der Waals surface area contributed by atoms with Crippen molar-refractivity contribution in [1.82, 2.24) is 15.1 Å². The monoisotopic (exact) mass is 334 g/mol. The Morgan fingerprint density at radius 3 is 2.41 bits per heavy atom. The minimum absolute atomic E-state index is 0. The Labute approximate surface area is 130 Å². The molecule has 9 heteroatoms. The van der Waals surface area contributed by atoms with Gasteiger partial charge in [0.1, 0.15) is 5.69 Å². The van der Waals surface area contributed by atoms with Crippen LogP contribution in [0, 0.1) is 0 Å². The highest BCUT2D eigenvalue weighted by Gasteiger charge is 2.36. The number of aromatic nitrogens is 3. The van der Waals surface area contributed by atoms with Gasteiger partial charge in [-0.25, -0.2) is 0 Å². The standard InChI is InChI=1S/C13H13F3N4O.ClH/c14-13(15,16)9-4-3-8(7-18-9)10-19-11(20-21-10)12(17)5-1-2-6-12;/h3-4,7H,1-2,5-6,17H2;1H. The van der Waals surface area contributed by atoms with E-state index in [0.29, 0.717) is 11.4 Å². The summed E-state index contributed by atoms with van der Waals surface area (Å²) in [6.07, 6.45) is 0.153. The zero-order valence-electron chi connectivity index (χ0n) is 11.4. The van der Waals surface area contributed by atoms with E-state index < -0.39 is 17.4 Å². The molecule has 1 aliphatic carbocycles. The van der Waals surface area contributed by atoms with Crippen molar-refractivity contribution in [2.24, 2.45) is 5.73 Å². The van der Waals surface area contributed by atoms with Crippen molar-refractivity contribution >= 4 is 12.4 Å². The molecule has 2 heterocycles. The maximum absolute atomic E-state index is 12.5. The van der Waals surface area contributed by atoms with Crippen molar-refractivity contribution < 1.29 is 17.7 Å². The number of pyridine rings is 1. The van der Waals surface area contributed by atoms with Crippen LogP contribution in [-0.4, -0.2) is 15.1 Å². The molecule has 1 aliphatic rings. The van der Waals surface area contributed by atoms with Crippen LogP contribution in [0.5, 0.6) is 0 Å². The van der Waals surface area contributed by atoms with Gasteiger partial charge in [-0.1, -0.05) is 18.0 Å². The Hall–Kier alpha value is -1.67. The van der Waals surface area contributed by atoms with E-state index in [1.165, 1.54) is 6.07 Å². The molecule has 2 aromatic rings. The Kier molecular flexibility index (Phi) is 4.44. The first-order valence-corrected chi connectivity index (χ1v) is 6.55. The minimum Gasteiger partial charge on any atom is -0.334 e. The summed E-state index contributed by atoms with van der Waals surface area (Å²) in [7, 11) is 0. The first kappa shape index (κ1) is 16.7. The predicted molar refractivity (Wildman–Crippen MR) is 74.1 cm³/mol. The van der Waals surface area contributed by atoms with Gasteiger partial charge < -0.3 is 10.3 Å². The minimum atomic E-state index is -4.47. The van der Waals surface area contributed by atoms with Gasteiger partial charge in [0.2, 0.25) is 0 Å². The van der Waals surface area contributed by atoms with E-state index in [2.05, 4.69) is 15.1 Å². The lowest BCUT2D eigenvalue weighted by Gasteiger charge is -2.17. The third-order valence-electron chi connectivity index (χ3n) is 3.67. The van der Waals surface area contributed by atoms with Gasteiger partial charge in [-0.3, -0.25) is 4.98 Å². The molecule has 0 saturated heterocycles. The molecule has 0 radical (unpaired) electrons. The largest absolute Gasteiger partial charge is 0.433 e. The normalized spacial score (nSPS) is 17.3. The number of halogens is 4. The molecule has 2 aromatic heterocycles. The molecule has 0 atom stereocenters. The Morgan fingerprint density at radius 2 is 1.86 bits per heavy atom. The quantitative estimate of drug-likeness (QED) is 0.911. The summed E-state index contributed by atoms with van der Waals surface area (Å²) in [5.74, 6) is 0.526. The fourth-order valence-electron chi connectivity index (χ4n) is 2.46. The highest BCUT2D eigenvalue weighted by Crippen LogP contribution is 2.35. The van der Waals surface area contributed by atoms with Crippen molar-refractivity contribution in [1.29, 1.82) is 0 Å². The number of rotatable bonds is 2. The van der Waals surface area contributed by atoms with E-state index in [-0.39, 0.29) is 18.3 Å². The van der Waals surface area contributed by atoms with E-state index in [4.69, 9.17) is 10.3 Å². The van der Waals surface area contributed by atoms with Crippen molar-refractivity contribution in [3.8, 4) is 11.5 Å². The van der Waals surface area contributed by atoms with Crippen LogP contribution < -0.4 is 5.73 Å². The molecular formula is C13H14ClF3N4O. The lowest BCUT2D eigenvalue weighted by atomic mass is 9.99. The van der Waals surface area contributed by atoms with Gasteiger partial charge in [0.05, 0.1) is 11.1 Å². The van der Waals surface area contributed by atoms with E-state index in [0.717, 1.165) is 37.9 Å². The molecular weight excluding hydrogens is 321 g/mol. The van der Waals surface area contributed by atoms with Crippen LogP contribution in [0.15, 0.2) is 22.9 Å². The predicted octanol–water partition coefficient (Wildman–Crippen LogP) is 3.30. The van der Waals surface area contributed by atoms with Crippen LogP contribution in [0.4, 0.5) is 13.2 Å². The molecule has 0 unspecified atom stereocenters. The third kappa shape index (κ3) is 3.07. The number of nitrogens with zero attached hydrogens (tertiary/aromatic N) is 3. The number of hydrogen-bond donors (Lipinski definition) is 1. The number of nitrogens with two attached hydrogens (primary N) is 1. The summed E-state index contributed by atoms with van der Waals surface area (Å²) in [5, 5.41) is 3.86.